The fourth-order valence-corrected chi connectivity index (χ4v) is 4.13. The number of carbonyl (C=O) groups is 3. The van der Waals surface area contributed by atoms with Gasteiger partial charge in [0, 0.05) is 24.1 Å². The number of amides is 2. The highest BCUT2D eigenvalue weighted by atomic mass is 32.2. The SMILES string of the molecule is C#Cc1ccc(S(=O)(=O)N(O)[C@@H](C=O)CCC(=O)NCCc2ccccc2C(N)=O)cc1. The van der Waals surface area contributed by atoms with Crippen LogP contribution in [-0.4, -0.2) is 48.8 Å². The van der Waals surface area contributed by atoms with Crippen molar-refractivity contribution in [1.29, 1.82) is 0 Å². The molecule has 0 radical (unpaired) electrons. The molecule has 0 heterocycles. The van der Waals surface area contributed by atoms with Crippen molar-refractivity contribution in [3.8, 4) is 12.3 Å². The normalized spacial score (nSPS) is 12.0. The minimum atomic E-state index is -4.38. The van der Waals surface area contributed by atoms with E-state index in [9.17, 15) is 28.0 Å². The lowest BCUT2D eigenvalue weighted by Crippen LogP contribution is -2.39. The molecule has 0 spiro atoms. The van der Waals surface area contributed by atoms with E-state index >= 15 is 0 Å². The smallest absolute Gasteiger partial charge is 0.265 e. The summed E-state index contributed by atoms with van der Waals surface area (Å²) in [7, 11) is -4.38. The first-order chi connectivity index (χ1) is 15.2. The molecule has 0 fully saturated rings. The fraction of sp³-hybridized carbons (Fsp3) is 0.227. The molecule has 0 aromatic heterocycles. The van der Waals surface area contributed by atoms with Crippen LogP contribution in [0.1, 0.15) is 34.3 Å². The molecule has 4 N–H and O–H groups in total. The minimum absolute atomic E-state index is 0.0543. The van der Waals surface area contributed by atoms with E-state index in [0.717, 1.165) is 0 Å². The van der Waals surface area contributed by atoms with Crippen LogP contribution in [0.5, 0.6) is 0 Å². The zero-order valence-electron chi connectivity index (χ0n) is 17.1. The summed E-state index contributed by atoms with van der Waals surface area (Å²) in [6, 6.07) is 10.5. The van der Waals surface area contributed by atoms with Crippen molar-refractivity contribution in [1.82, 2.24) is 9.79 Å². The molecule has 0 saturated carbocycles. The summed E-state index contributed by atoms with van der Waals surface area (Å²) in [5, 5.41) is 12.8. The van der Waals surface area contributed by atoms with E-state index in [2.05, 4.69) is 11.2 Å². The largest absolute Gasteiger partial charge is 0.366 e. The molecule has 2 amide bonds. The molecule has 2 rings (SSSR count). The molecule has 0 aliphatic heterocycles. The Bertz CT molecular complexity index is 1120. The maximum absolute atomic E-state index is 12.5. The Morgan fingerprint density at radius 2 is 1.84 bits per heavy atom. The predicted molar refractivity (Wildman–Crippen MR) is 116 cm³/mol. The molecule has 32 heavy (non-hydrogen) atoms. The molecule has 2 aromatic rings. The molecule has 0 bridgehead atoms. The van der Waals surface area contributed by atoms with Gasteiger partial charge in [-0.05, 0) is 48.7 Å². The van der Waals surface area contributed by atoms with Crippen molar-refractivity contribution in [3.63, 3.8) is 0 Å². The summed E-state index contributed by atoms with van der Waals surface area (Å²) in [5.74, 6) is 1.33. The number of nitrogens with zero attached hydrogens (tertiary/aromatic N) is 1. The first-order valence-electron chi connectivity index (χ1n) is 9.60. The zero-order chi connectivity index (χ0) is 23.7. The van der Waals surface area contributed by atoms with Crippen molar-refractivity contribution >= 4 is 28.1 Å². The number of hydroxylamine groups is 1. The van der Waals surface area contributed by atoms with Crippen molar-refractivity contribution in [2.45, 2.75) is 30.2 Å². The molecule has 9 nitrogen and oxygen atoms in total. The van der Waals surface area contributed by atoms with Gasteiger partial charge in [0.1, 0.15) is 12.3 Å². The maximum atomic E-state index is 12.5. The van der Waals surface area contributed by atoms with Crippen LogP contribution in [0, 0.1) is 12.3 Å². The Kier molecular flexibility index (Phi) is 8.66. The number of sulfonamides is 1. The third-order valence-electron chi connectivity index (χ3n) is 4.67. The molecule has 0 unspecified atom stereocenters. The van der Waals surface area contributed by atoms with Crippen molar-refractivity contribution < 1.29 is 28.0 Å². The van der Waals surface area contributed by atoms with Crippen LogP contribution in [0.15, 0.2) is 53.4 Å². The van der Waals surface area contributed by atoms with Gasteiger partial charge in [0.15, 0.2) is 0 Å². The van der Waals surface area contributed by atoms with E-state index in [4.69, 9.17) is 12.2 Å². The Labute approximate surface area is 186 Å². The van der Waals surface area contributed by atoms with Crippen LogP contribution in [0.4, 0.5) is 0 Å². The van der Waals surface area contributed by atoms with Crippen LogP contribution in [0.2, 0.25) is 0 Å². The van der Waals surface area contributed by atoms with Gasteiger partial charge in [-0.2, -0.15) is 0 Å². The maximum Gasteiger partial charge on any atom is 0.265 e. The summed E-state index contributed by atoms with van der Waals surface area (Å²) < 4.78 is 25.0. The summed E-state index contributed by atoms with van der Waals surface area (Å²) in [4.78, 5) is 34.6. The molecular formula is C22H23N3O6S. The molecule has 1 atom stereocenters. The molecule has 10 heteroatoms. The Morgan fingerprint density at radius 1 is 1.19 bits per heavy atom. The molecule has 168 valence electrons. The van der Waals surface area contributed by atoms with Gasteiger partial charge in [0.2, 0.25) is 11.8 Å². The van der Waals surface area contributed by atoms with Crippen LogP contribution in [-0.2, 0) is 26.0 Å². The van der Waals surface area contributed by atoms with Crippen LogP contribution >= 0.6 is 0 Å². The summed E-state index contributed by atoms with van der Waals surface area (Å²) in [6.07, 6.45) is 5.41. The Morgan fingerprint density at radius 3 is 2.44 bits per heavy atom. The van der Waals surface area contributed by atoms with Gasteiger partial charge in [-0.25, -0.2) is 8.42 Å². The van der Waals surface area contributed by atoms with E-state index in [-0.39, 0.29) is 35.0 Å². The highest BCUT2D eigenvalue weighted by molar-refractivity contribution is 7.89. The van der Waals surface area contributed by atoms with Crippen molar-refractivity contribution in [2.75, 3.05) is 6.54 Å². The zero-order valence-corrected chi connectivity index (χ0v) is 17.9. The number of aldehydes is 1. The van der Waals surface area contributed by atoms with Gasteiger partial charge in [-0.1, -0.05) is 28.6 Å². The number of terminal acetylenes is 1. The molecule has 0 aliphatic rings. The summed E-state index contributed by atoms with van der Waals surface area (Å²) in [6.45, 7) is 0.206. The van der Waals surface area contributed by atoms with Crippen LogP contribution in [0.25, 0.3) is 0 Å². The van der Waals surface area contributed by atoms with Gasteiger partial charge >= 0.3 is 0 Å². The number of nitrogens with two attached hydrogens (primary N) is 1. The molecular weight excluding hydrogens is 434 g/mol. The topological polar surface area (TPSA) is 147 Å². The lowest BCUT2D eigenvalue weighted by atomic mass is 10.0. The van der Waals surface area contributed by atoms with Gasteiger partial charge in [-0.3, -0.25) is 14.8 Å². The van der Waals surface area contributed by atoms with E-state index in [0.29, 0.717) is 23.1 Å². The van der Waals surface area contributed by atoms with Gasteiger partial charge < -0.3 is 15.8 Å². The lowest BCUT2D eigenvalue weighted by molar-refractivity contribution is -0.124. The third kappa shape index (κ3) is 6.24. The van der Waals surface area contributed by atoms with E-state index in [1.54, 1.807) is 24.3 Å². The minimum Gasteiger partial charge on any atom is -0.366 e. The van der Waals surface area contributed by atoms with E-state index < -0.39 is 27.9 Å². The van der Waals surface area contributed by atoms with Crippen molar-refractivity contribution in [2.24, 2.45) is 5.73 Å². The number of benzene rings is 2. The second-order valence-electron chi connectivity index (χ2n) is 6.81. The standard InChI is InChI=1S/C22H23N3O6S/c1-2-16-7-10-19(11-8-16)32(30,31)25(29)18(15-26)9-12-21(27)24-14-13-17-5-3-4-6-20(17)22(23)28/h1,3-8,10-11,15,18,29H,9,12-14H2,(H2,23,28)(H,24,27)/t18-/m1/s1. The highest BCUT2D eigenvalue weighted by Crippen LogP contribution is 2.18. The first kappa shape index (κ1) is 24.7. The van der Waals surface area contributed by atoms with Crippen molar-refractivity contribution in [3.05, 3.63) is 65.2 Å². The second-order valence-corrected chi connectivity index (χ2v) is 8.61. The van der Waals surface area contributed by atoms with Gasteiger partial charge in [0.25, 0.3) is 10.0 Å². The van der Waals surface area contributed by atoms with Crippen LogP contribution in [0.3, 0.4) is 0 Å². The average molecular weight is 458 g/mol. The van der Waals surface area contributed by atoms with E-state index in [1.807, 2.05) is 0 Å². The highest BCUT2D eigenvalue weighted by Gasteiger charge is 2.30. The van der Waals surface area contributed by atoms with Crippen LogP contribution < -0.4 is 11.1 Å². The Hall–Kier alpha value is -3.52. The number of hydrogen-bond donors (Lipinski definition) is 3. The first-order valence-corrected chi connectivity index (χ1v) is 11.0. The summed E-state index contributed by atoms with van der Waals surface area (Å²) >= 11 is 0. The fourth-order valence-electron chi connectivity index (χ4n) is 2.92. The third-order valence-corrected chi connectivity index (χ3v) is 6.30. The quantitative estimate of drug-likeness (QED) is 0.259. The van der Waals surface area contributed by atoms with Gasteiger partial charge in [-0.15, -0.1) is 6.42 Å². The lowest BCUT2D eigenvalue weighted by Gasteiger charge is -2.21. The second kappa shape index (κ2) is 11.2. The Balaban J connectivity index is 1.92. The number of primary amides is 1. The number of hydrogen-bond acceptors (Lipinski definition) is 6. The monoisotopic (exact) mass is 457 g/mol. The molecule has 0 aliphatic carbocycles. The average Bonchev–Trinajstić information content (AvgIpc) is 2.79. The van der Waals surface area contributed by atoms with E-state index in [1.165, 1.54) is 24.3 Å². The number of carbonyl (C=O) groups excluding carboxylic acids is 3. The predicted octanol–water partition coefficient (Wildman–Crippen LogP) is 0.853. The number of nitrogens with one attached hydrogen (secondary N) is 1. The summed E-state index contributed by atoms with van der Waals surface area (Å²) in [5.41, 5.74) is 6.81. The number of rotatable bonds is 11. The molecule has 2 aromatic carbocycles. The van der Waals surface area contributed by atoms with Gasteiger partial charge in [0.05, 0.1) is 4.90 Å². The molecule has 0 saturated heterocycles.